The molecule has 2 spiro atoms. The molecule has 2 aromatic carbocycles. The van der Waals surface area contributed by atoms with Gasteiger partial charge in [-0.15, -0.1) is 0 Å². The molecule has 2 atom stereocenters. The van der Waals surface area contributed by atoms with Crippen LogP contribution in [0.4, 0.5) is 20.2 Å². The van der Waals surface area contributed by atoms with Crippen molar-refractivity contribution >= 4 is 23.2 Å². The summed E-state index contributed by atoms with van der Waals surface area (Å²) in [5, 5.41) is 19.4. The summed E-state index contributed by atoms with van der Waals surface area (Å²) in [5.41, 5.74) is 0.537. The first-order valence-corrected chi connectivity index (χ1v) is 19.2. The van der Waals surface area contributed by atoms with Gasteiger partial charge in [0, 0.05) is 51.4 Å². The highest BCUT2D eigenvalue weighted by molar-refractivity contribution is 5.87. The van der Waals surface area contributed by atoms with Crippen LogP contribution in [0.1, 0.15) is 89.9 Å². The molecule has 10 heteroatoms. The van der Waals surface area contributed by atoms with Gasteiger partial charge in [0.1, 0.15) is 11.6 Å². The number of piperidine rings is 2. The van der Waals surface area contributed by atoms with Gasteiger partial charge in [0.05, 0.1) is 34.4 Å². The van der Waals surface area contributed by atoms with E-state index in [0.717, 1.165) is 116 Å². The van der Waals surface area contributed by atoms with Gasteiger partial charge in [0.15, 0.2) is 0 Å². The van der Waals surface area contributed by atoms with Crippen LogP contribution in [0.2, 0.25) is 0 Å². The molecule has 50 heavy (non-hydrogen) atoms. The van der Waals surface area contributed by atoms with Crippen LogP contribution in [0.3, 0.4) is 0 Å². The SMILES string of the molecule is O=C1N(C2CCC(O)CC2)CC[C@@]12CCCN(c1ccccc1F)C2.O=C1N(C2CCC(O)CC2)CC[C@@]12CCCN(c1ccccc1F)C2. The molecule has 4 aliphatic heterocycles. The summed E-state index contributed by atoms with van der Waals surface area (Å²) in [5.74, 6) is 0.107. The van der Waals surface area contributed by atoms with Crippen molar-refractivity contribution in [3.63, 3.8) is 0 Å². The first kappa shape index (κ1) is 35.2. The van der Waals surface area contributed by atoms with E-state index < -0.39 is 0 Å². The Balaban J connectivity index is 0.000000157. The molecule has 4 saturated heterocycles. The highest BCUT2D eigenvalue weighted by Gasteiger charge is 2.52. The standard InChI is InChI=1S/2C20H27FN2O2/c2*21-17-4-1-2-5-18(17)22-12-3-10-20(14-22)11-13-23(19(20)25)15-6-8-16(24)9-7-15/h2*1-2,4-5,15-16,24H,3,6-14H2/t2*15?,16?,20-/m11/s1. The summed E-state index contributed by atoms with van der Waals surface area (Å²) in [6.45, 7) is 4.49. The van der Waals surface area contributed by atoms with Gasteiger partial charge in [0.2, 0.25) is 11.8 Å². The lowest BCUT2D eigenvalue weighted by molar-refractivity contribution is -0.140. The highest BCUT2D eigenvalue weighted by Crippen LogP contribution is 2.45. The fraction of sp³-hybridized carbons (Fsp3) is 0.650. The molecule has 0 radical (unpaired) electrons. The number of hydrogen-bond donors (Lipinski definition) is 2. The van der Waals surface area contributed by atoms with Crippen LogP contribution in [-0.4, -0.2) is 95.4 Å². The molecule has 8 rings (SSSR count). The number of amides is 2. The molecule has 0 bridgehead atoms. The lowest BCUT2D eigenvalue weighted by atomic mass is 9.78. The van der Waals surface area contributed by atoms with E-state index in [-0.39, 0.29) is 58.6 Å². The van der Waals surface area contributed by atoms with Crippen molar-refractivity contribution in [2.45, 2.75) is 114 Å². The Kier molecular flexibility index (Phi) is 10.4. The third-order valence-corrected chi connectivity index (χ3v) is 12.8. The van der Waals surface area contributed by atoms with Crippen LogP contribution in [0.25, 0.3) is 0 Å². The summed E-state index contributed by atoms with van der Waals surface area (Å²) in [6.07, 6.45) is 11.8. The summed E-state index contributed by atoms with van der Waals surface area (Å²) >= 11 is 0. The van der Waals surface area contributed by atoms with Crippen molar-refractivity contribution in [2.75, 3.05) is 49.1 Å². The molecule has 2 N–H and O–H groups in total. The predicted molar refractivity (Wildman–Crippen MR) is 190 cm³/mol. The van der Waals surface area contributed by atoms with Crippen LogP contribution in [0.15, 0.2) is 48.5 Å². The Labute approximate surface area is 295 Å². The van der Waals surface area contributed by atoms with Gasteiger partial charge in [-0.05, 0) is 114 Å². The summed E-state index contributed by atoms with van der Waals surface area (Å²) in [6, 6.07) is 14.3. The Morgan fingerprint density at radius 1 is 0.540 bits per heavy atom. The van der Waals surface area contributed by atoms with E-state index in [9.17, 15) is 28.6 Å². The number of anilines is 2. The second-order valence-electron chi connectivity index (χ2n) is 15.9. The number of halogens is 2. The number of benzene rings is 2. The van der Waals surface area contributed by atoms with Gasteiger partial charge >= 0.3 is 0 Å². The molecule has 2 aromatic rings. The number of rotatable bonds is 4. The fourth-order valence-electron chi connectivity index (χ4n) is 9.98. The van der Waals surface area contributed by atoms with E-state index in [0.29, 0.717) is 24.5 Å². The maximum absolute atomic E-state index is 14.2. The van der Waals surface area contributed by atoms with Gasteiger partial charge in [0.25, 0.3) is 0 Å². The van der Waals surface area contributed by atoms with Gasteiger partial charge in [-0.1, -0.05) is 24.3 Å². The molecule has 6 aliphatic rings. The Morgan fingerprint density at radius 2 is 0.920 bits per heavy atom. The van der Waals surface area contributed by atoms with Crippen LogP contribution >= 0.6 is 0 Å². The number of carbonyl (C=O) groups excluding carboxylic acids is 2. The van der Waals surface area contributed by atoms with E-state index in [1.165, 1.54) is 12.1 Å². The van der Waals surface area contributed by atoms with Gasteiger partial charge < -0.3 is 29.8 Å². The summed E-state index contributed by atoms with van der Waals surface area (Å²) < 4.78 is 28.4. The second-order valence-corrected chi connectivity index (χ2v) is 15.9. The lowest BCUT2D eigenvalue weighted by Gasteiger charge is -2.41. The highest BCUT2D eigenvalue weighted by atomic mass is 19.1. The fourth-order valence-corrected chi connectivity index (χ4v) is 9.98. The van der Waals surface area contributed by atoms with Crippen molar-refractivity contribution in [1.29, 1.82) is 0 Å². The smallest absolute Gasteiger partial charge is 0.230 e. The third-order valence-electron chi connectivity index (χ3n) is 12.8. The number of hydrogen-bond acceptors (Lipinski definition) is 6. The molecule has 0 aromatic heterocycles. The minimum absolute atomic E-state index is 0.200. The number of para-hydroxylation sites is 2. The largest absolute Gasteiger partial charge is 0.393 e. The summed E-state index contributed by atoms with van der Waals surface area (Å²) in [7, 11) is 0. The van der Waals surface area contributed by atoms with E-state index in [2.05, 4.69) is 19.6 Å². The van der Waals surface area contributed by atoms with Crippen molar-refractivity contribution in [2.24, 2.45) is 10.8 Å². The van der Waals surface area contributed by atoms with Crippen LogP contribution in [0.5, 0.6) is 0 Å². The average molecular weight is 693 g/mol. The molecular formula is C40H54F2N4O4. The van der Waals surface area contributed by atoms with Crippen molar-refractivity contribution < 1.29 is 28.6 Å². The van der Waals surface area contributed by atoms with E-state index in [4.69, 9.17) is 0 Å². The monoisotopic (exact) mass is 692 g/mol. The zero-order valence-electron chi connectivity index (χ0n) is 29.3. The average Bonchev–Trinajstić information content (AvgIpc) is 3.60. The number of aliphatic hydroxyl groups excluding tert-OH is 2. The van der Waals surface area contributed by atoms with Crippen LogP contribution in [0, 0.1) is 22.5 Å². The first-order valence-electron chi connectivity index (χ1n) is 19.2. The maximum atomic E-state index is 14.2. The van der Waals surface area contributed by atoms with Gasteiger partial charge in [-0.3, -0.25) is 9.59 Å². The molecule has 272 valence electrons. The van der Waals surface area contributed by atoms with Gasteiger partial charge in [-0.25, -0.2) is 8.78 Å². The third kappa shape index (κ3) is 6.99. The van der Waals surface area contributed by atoms with E-state index in [1.54, 1.807) is 12.1 Å². The topological polar surface area (TPSA) is 87.6 Å². The molecule has 6 fully saturated rings. The number of likely N-dealkylation sites (tertiary alicyclic amines) is 2. The minimum atomic E-state index is -0.351. The zero-order chi connectivity index (χ0) is 34.9. The minimum Gasteiger partial charge on any atom is -0.393 e. The lowest BCUT2D eigenvalue weighted by Crippen LogP contribution is -2.50. The maximum Gasteiger partial charge on any atom is 0.230 e. The summed E-state index contributed by atoms with van der Waals surface area (Å²) in [4.78, 5) is 34.8. The van der Waals surface area contributed by atoms with E-state index in [1.807, 2.05) is 24.3 Å². The van der Waals surface area contributed by atoms with E-state index >= 15 is 0 Å². The number of nitrogens with zero attached hydrogens (tertiary/aromatic N) is 4. The van der Waals surface area contributed by atoms with Crippen molar-refractivity contribution in [3.05, 3.63) is 60.2 Å². The zero-order valence-corrected chi connectivity index (χ0v) is 29.3. The number of carbonyl (C=O) groups is 2. The van der Waals surface area contributed by atoms with Crippen LogP contribution in [-0.2, 0) is 9.59 Å². The Morgan fingerprint density at radius 3 is 1.30 bits per heavy atom. The second kappa shape index (κ2) is 14.8. The molecule has 0 unspecified atom stereocenters. The van der Waals surface area contributed by atoms with Crippen molar-refractivity contribution in [1.82, 2.24) is 9.80 Å². The molecule has 8 nitrogen and oxygen atoms in total. The Hall–Kier alpha value is -3.24. The molecule has 2 aliphatic carbocycles. The molecular weight excluding hydrogens is 638 g/mol. The number of aliphatic hydroxyl groups is 2. The quantitative estimate of drug-likeness (QED) is 0.416. The normalized spacial score (nSPS) is 33.3. The first-order chi connectivity index (χ1) is 24.2. The molecule has 2 amide bonds. The predicted octanol–water partition coefficient (Wildman–Crippen LogP) is 5.90. The van der Waals surface area contributed by atoms with Gasteiger partial charge in [-0.2, -0.15) is 0 Å². The molecule has 2 saturated carbocycles. The van der Waals surface area contributed by atoms with Crippen LogP contribution < -0.4 is 9.80 Å². The molecule has 4 heterocycles. The van der Waals surface area contributed by atoms with Crippen molar-refractivity contribution in [3.8, 4) is 0 Å². The Bertz CT molecular complexity index is 1400.